The van der Waals surface area contributed by atoms with E-state index < -0.39 is 6.04 Å². The molecule has 45 valence electrons. The topological polar surface area (TPSA) is 43.1 Å². The largest absolute Gasteiger partial charge is 0.321 e. The average molecular weight is 112 g/mol. The van der Waals surface area contributed by atoms with Gasteiger partial charge in [0.1, 0.15) is 0 Å². The third-order valence-electron chi connectivity index (χ3n) is 0.878. The van der Waals surface area contributed by atoms with Gasteiger partial charge in [0, 0.05) is 0 Å². The van der Waals surface area contributed by atoms with Gasteiger partial charge in [-0.1, -0.05) is 13.5 Å². The third kappa shape index (κ3) is 1.89. The molecule has 2 heteroatoms. The van der Waals surface area contributed by atoms with E-state index in [9.17, 15) is 4.79 Å². The first kappa shape index (κ1) is 7.37. The van der Waals surface area contributed by atoms with Crippen molar-refractivity contribution < 1.29 is 4.79 Å². The monoisotopic (exact) mass is 112 g/mol. The lowest BCUT2D eigenvalue weighted by atomic mass is 10.1. The normalized spacial score (nSPS) is 12.8. The molecule has 2 N–H and O–H groups in total. The van der Waals surface area contributed by atoms with Gasteiger partial charge in [0.2, 0.25) is 0 Å². The Kier molecular flexibility index (Phi) is 3.12. The predicted octanol–water partition coefficient (Wildman–Crippen LogP) is 0.293. The minimum Gasteiger partial charge on any atom is -0.321 e. The van der Waals surface area contributed by atoms with E-state index in [2.05, 4.69) is 13.5 Å². The summed E-state index contributed by atoms with van der Waals surface area (Å²) < 4.78 is 0. The predicted molar refractivity (Wildman–Crippen MR) is 33.2 cm³/mol. The van der Waals surface area contributed by atoms with Crippen molar-refractivity contribution in [3.05, 3.63) is 19.6 Å². The van der Waals surface area contributed by atoms with Crippen LogP contribution in [0.5, 0.6) is 0 Å². The molecule has 1 radical (unpaired) electrons. The van der Waals surface area contributed by atoms with Crippen LogP contribution in [0.2, 0.25) is 0 Å². The van der Waals surface area contributed by atoms with Crippen LogP contribution in [0.15, 0.2) is 12.7 Å². The fourth-order valence-corrected chi connectivity index (χ4v) is 0.294. The van der Waals surface area contributed by atoms with Crippen molar-refractivity contribution in [1.29, 1.82) is 0 Å². The van der Waals surface area contributed by atoms with Crippen LogP contribution >= 0.6 is 0 Å². The van der Waals surface area contributed by atoms with Gasteiger partial charge >= 0.3 is 0 Å². The summed E-state index contributed by atoms with van der Waals surface area (Å²) in [6, 6.07) is -0.451. The van der Waals surface area contributed by atoms with Crippen LogP contribution in [0.3, 0.4) is 0 Å². The molecular weight excluding hydrogens is 102 g/mol. The highest BCUT2D eigenvalue weighted by atomic mass is 16.1. The van der Waals surface area contributed by atoms with Crippen molar-refractivity contribution in [2.45, 2.75) is 12.5 Å². The highest BCUT2D eigenvalue weighted by Crippen LogP contribution is 1.86. The Bertz CT molecular complexity index is 98.7. The second-order valence-corrected chi connectivity index (χ2v) is 1.50. The van der Waals surface area contributed by atoms with Crippen LogP contribution in [0.25, 0.3) is 0 Å². The van der Waals surface area contributed by atoms with Crippen molar-refractivity contribution in [3.8, 4) is 0 Å². The van der Waals surface area contributed by atoms with E-state index in [-0.39, 0.29) is 5.78 Å². The summed E-state index contributed by atoms with van der Waals surface area (Å²) in [5.74, 6) is -0.139. The Morgan fingerprint density at radius 2 is 2.38 bits per heavy atom. The van der Waals surface area contributed by atoms with Crippen LogP contribution in [-0.2, 0) is 4.79 Å². The minimum atomic E-state index is -0.451. The Morgan fingerprint density at radius 1 is 1.88 bits per heavy atom. The van der Waals surface area contributed by atoms with Crippen molar-refractivity contribution >= 4 is 5.78 Å². The summed E-state index contributed by atoms with van der Waals surface area (Å²) in [5, 5.41) is 0. The zero-order valence-electron chi connectivity index (χ0n) is 4.76. The smallest absolute Gasteiger partial charge is 0.171 e. The van der Waals surface area contributed by atoms with Crippen molar-refractivity contribution in [2.75, 3.05) is 0 Å². The standard InChI is InChI=1S/C6H10NO/c1-3-5(7)6(8)4-2/h4-5H,1-3,7H2. The van der Waals surface area contributed by atoms with Gasteiger partial charge in [0.25, 0.3) is 0 Å². The molecule has 1 atom stereocenters. The third-order valence-corrected chi connectivity index (χ3v) is 0.878. The molecule has 0 aromatic rings. The average Bonchev–Trinajstić information content (AvgIpc) is 1.84. The van der Waals surface area contributed by atoms with Crippen LogP contribution in [0.1, 0.15) is 6.42 Å². The summed E-state index contributed by atoms with van der Waals surface area (Å²) in [6.45, 7) is 6.73. The maximum Gasteiger partial charge on any atom is 0.171 e. The van der Waals surface area contributed by atoms with E-state index in [1.165, 1.54) is 6.08 Å². The summed E-state index contributed by atoms with van der Waals surface area (Å²) in [5.41, 5.74) is 5.24. The number of ketones is 1. The Balaban J connectivity index is 3.62. The van der Waals surface area contributed by atoms with E-state index in [0.29, 0.717) is 6.42 Å². The minimum absolute atomic E-state index is 0.139. The Labute approximate surface area is 49.4 Å². The molecule has 0 bridgehead atoms. The van der Waals surface area contributed by atoms with Crippen molar-refractivity contribution in [3.63, 3.8) is 0 Å². The molecule has 0 saturated heterocycles. The summed E-state index contributed by atoms with van der Waals surface area (Å²) in [6.07, 6.45) is 1.65. The van der Waals surface area contributed by atoms with Crippen LogP contribution in [0, 0.1) is 6.92 Å². The Hall–Kier alpha value is -0.630. The van der Waals surface area contributed by atoms with Gasteiger partial charge in [-0.05, 0) is 12.5 Å². The molecule has 0 fully saturated rings. The number of carbonyl (C=O) groups is 1. The first-order valence-corrected chi connectivity index (χ1v) is 2.43. The molecule has 0 heterocycles. The molecule has 0 spiro atoms. The van der Waals surface area contributed by atoms with E-state index in [1.54, 1.807) is 0 Å². The number of carbonyl (C=O) groups excluding carboxylic acids is 1. The first-order valence-electron chi connectivity index (χ1n) is 2.43. The van der Waals surface area contributed by atoms with Gasteiger partial charge in [0.05, 0.1) is 6.04 Å². The summed E-state index contributed by atoms with van der Waals surface area (Å²) in [4.78, 5) is 10.5. The highest BCUT2D eigenvalue weighted by molar-refractivity contribution is 5.93. The van der Waals surface area contributed by atoms with Crippen molar-refractivity contribution in [1.82, 2.24) is 0 Å². The molecule has 0 aromatic carbocycles. The van der Waals surface area contributed by atoms with Gasteiger partial charge in [-0.3, -0.25) is 4.79 Å². The van der Waals surface area contributed by atoms with E-state index >= 15 is 0 Å². The zero-order chi connectivity index (χ0) is 6.57. The molecule has 0 aliphatic heterocycles. The summed E-state index contributed by atoms with van der Waals surface area (Å²) >= 11 is 0. The van der Waals surface area contributed by atoms with E-state index in [0.717, 1.165) is 0 Å². The number of hydrogen-bond donors (Lipinski definition) is 1. The lowest BCUT2D eigenvalue weighted by Crippen LogP contribution is -2.27. The molecule has 1 unspecified atom stereocenters. The highest BCUT2D eigenvalue weighted by Gasteiger charge is 2.04. The maximum atomic E-state index is 10.5. The van der Waals surface area contributed by atoms with Gasteiger partial charge in [-0.2, -0.15) is 0 Å². The van der Waals surface area contributed by atoms with Crippen LogP contribution in [-0.4, -0.2) is 11.8 Å². The van der Waals surface area contributed by atoms with Crippen LogP contribution in [0.4, 0.5) is 0 Å². The maximum absolute atomic E-state index is 10.5. The van der Waals surface area contributed by atoms with Gasteiger partial charge < -0.3 is 5.73 Å². The van der Waals surface area contributed by atoms with E-state index in [4.69, 9.17) is 5.73 Å². The molecular formula is C6H10NO. The number of hydrogen-bond acceptors (Lipinski definition) is 2. The van der Waals surface area contributed by atoms with Gasteiger partial charge in [0.15, 0.2) is 5.78 Å². The zero-order valence-corrected chi connectivity index (χ0v) is 4.76. The lowest BCUT2D eigenvalue weighted by molar-refractivity contribution is -0.115. The van der Waals surface area contributed by atoms with Crippen LogP contribution < -0.4 is 5.73 Å². The molecule has 0 rings (SSSR count). The lowest BCUT2D eigenvalue weighted by Gasteiger charge is -1.99. The van der Waals surface area contributed by atoms with E-state index in [1.807, 2.05) is 0 Å². The quantitative estimate of drug-likeness (QED) is 0.533. The fourth-order valence-electron chi connectivity index (χ4n) is 0.294. The molecule has 0 aliphatic rings. The second-order valence-electron chi connectivity index (χ2n) is 1.50. The van der Waals surface area contributed by atoms with Gasteiger partial charge in [-0.25, -0.2) is 0 Å². The molecule has 0 saturated carbocycles. The first-order chi connectivity index (χ1) is 3.72. The molecule has 8 heavy (non-hydrogen) atoms. The Morgan fingerprint density at radius 3 is 2.50 bits per heavy atom. The molecule has 2 nitrogen and oxygen atoms in total. The number of rotatable bonds is 3. The summed E-state index contributed by atoms with van der Waals surface area (Å²) in [7, 11) is 0. The second kappa shape index (κ2) is 3.38. The fraction of sp³-hybridized carbons (Fsp3) is 0.333. The molecule has 0 aliphatic carbocycles. The van der Waals surface area contributed by atoms with Crippen molar-refractivity contribution in [2.24, 2.45) is 5.73 Å². The molecule has 0 aromatic heterocycles. The molecule has 0 amide bonds. The number of nitrogens with two attached hydrogens (primary N) is 1. The van der Waals surface area contributed by atoms with Gasteiger partial charge in [-0.15, -0.1) is 0 Å². The SMILES string of the molecule is [CH2]CC(N)C(=O)C=C.